The van der Waals surface area contributed by atoms with Crippen molar-refractivity contribution in [2.45, 2.75) is 44.6 Å². The number of carbonyl (C=O) groups is 1. The molecule has 4 rings (SSSR count). The van der Waals surface area contributed by atoms with Gasteiger partial charge in [0.05, 0.1) is 24.6 Å². The van der Waals surface area contributed by atoms with Gasteiger partial charge < -0.3 is 14.4 Å². The zero-order valence-corrected chi connectivity index (χ0v) is 24.1. The van der Waals surface area contributed by atoms with E-state index in [-0.39, 0.29) is 35.9 Å². The molecule has 0 radical (unpaired) electrons. The van der Waals surface area contributed by atoms with Crippen LogP contribution in [0.4, 0.5) is 0 Å². The summed E-state index contributed by atoms with van der Waals surface area (Å²) in [4.78, 5) is 17.0. The largest absolute Gasteiger partial charge is 0.497 e. The summed E-state index contributed by atoms with van der Waals surface area (Å²) in [5, 5.41) is 2.04. The van der Waals surface area contributed by atoms with Crippen LogP contribution in [-0.2, 0) is 21.2 Å². The van der Waals surface area contributed by atoms with E-state index in [4.69, 9.17) is 9.47 Å². The van der Waals surface area contributed by atoms with E-state index in [1.807, 2.05) is 56.5 Å². The summed E-state index contributed by atoms with van der Waals surface area (Å²) >= 11 is 1.69. The Kier molecular flexibility index (Phi) is 9.12. The number of rotatable bonds is 11. The summed E-state index contributed by atoms with van der Waals surface area (Å²) in [6.45, 7) is 6.90. The number of nitrogens with zero attached hydrogens (tertiary/aromatic N) is 2. The van der Waals surface area contributed by atoms with Crippen molar-refractivity contribution in [3.63, 3.8) is 0 Å². The van der Waals surface area contributed by atoms with Gasteiger partial charge in [-0.3, -0.25) is 4.79 Å². The van der Waals surface area contributed by atoms with Gasteiger partial charge in [0.15, 0.2) is 0 Å². The Labute approximate surface area is 230 Å². The first-order chi connectivity index (χ1) is 18.2. The summed E-state index contributed by atoms with van der Waals surface area (Å²) in [6.07, 6.45) is 1.55. The van der Waals surface area contributed by atoms with Gasteiger partial charge in [0.1, 0.15) is 18.1 Å². The van der Waals surface area contributed by atoms with Crippen LogP contribution in [0.15, 0.2) is 64.9 Å². The Balaban J connectivity index is 1.57. The fraction of sp³-hybridized carbons (Fsp3) is 0.414. The zero-order chi connectivity index (χ0) is 27.3. The fourth-order valence-electron chi connectivity index (χ4n) is 4.55. The van der Waals surface area contributed by atoms with Crippen LogP contribution in [0.3, 0.4) is 0 Å². The minimum atomic E-state index is -3.89. The van der Waals surface area contributed by atoms with Crippen molar-refractivity contribution in [1.82, 2.24) is 9.21 Å². The average Bonchev–Trinajstić information content (AvgIpc) is 3.41. The summed E-state index contributed by atoms with van der Waals surface area (Å²) in [6, 6.07) is 15.9. The van der Waals surface area contributed by atoms with Crippen molar-refractivity contribution in [3.8, 4) is 11.5 Å². The molecule has 0 saturated carbocycles. The second kappa shape index (κ2) is 12.3. The molecule has 9 heteroatoms. The van der Waals surface area contributed by atoms with Crippen LogP contribution in [-0.4, -0.2) is 56.9 Å². The first kappa shape index (κ1) is 28.1. The number of amides is 1. The van der Waals surface area contributed by atoms with Gasteiger partial charge in [-0.15, -0.1) is 11.3 Å². The van der Waals surface area contributed by atoms with E-state index in [1.54, 1.807) is 28.4 Å². The minimum Gasteiger partial charge on any atom is -0.497 e. The molecule has 0 spiro atoms. The zero-order valence-electron chi connectivity index (χ0n) is 22.4. The Morgan fingerprint density at radius 2 is 1.79 bits per heavy atom. The van der Waals surface area contributed by atoms with Gasteiger partial charge in [0.2, 0.25) is 15.9 Å². The van der Waals surface area contributed by atoms with Gasteiger partial charge in [-0.2, -0.15) is 4.31 Å². The van der Waals surface area contributed by atoms with Gasteiger partial charge in [-0.25, -0.2) is 8.42 Å². The third kappa shape index (κ3) is 6.39. The molecular weight excluding hydrogens is 520 g/mol. The minimum absolute atomic E-state index is 0.0984. The molecule has 204 valence electrons. The lowest BCUT2D eigenvalue weighted by molar-refractivity contribution is -0.135. The van der Waals surface area contributed by atoms with Crippen LogP contribution in [0.2, 0.25) is 0 Å². The summed E-state index contributed by atoms with van der Waals surface area (Å²) < 4.78 is 40.0. The van der Waals surface area contributed by atoms with Crippen LogP contribution >= 0.6 is 11.3 Å². The lowest BCUT2D eigenvalue weighted by Crippen LogP contribution is -2.48. The van der Waals surface area contributed by atoms with Crippen LogP contribution in [0, 0.1) is 12.8 Å². The van der Waals surface area contributed by atoms with E-state index in [0.717, 1.165) is 29.7 Å². The normalized spacial score (nSPS) is 16.2. The molecular formula is C29H36N2O5S2. The molecule has 0 aliphatic carbocycles. The highest BCUT2D eigenvalue weighted by Crippen LogP contribution is 2.34. The van der Waals surface area contributed by atoms with E-state index in [1.165, 1.54) is 28.4 Å². The van der Waals surface area contributed by atoms with Crippen molar-refractivity contribution in [2.75, 3.05) is 33.4 Å². The number of hydrogen-bond donors (Lipinski definition) is 0. The molecule has 3 aromatic rings. The number of sulfonamides is 1. The van der Waals surface area contributed by atoms with Crippen LogP contribution in [0.5, 0.6) is 11.5 Å². The first-order valence-electron chi connectivity index (χ1n) is 12.9. The quantitative estimate of drug-likeness (QED) is 0.320. The number of thiophene rings is 1. The molecule has 2 atom stereocenters. The van der Waals surface area contributed by atoms with Gasteiger partial charge in [0.25, 0.3) is 0 Å². The highest BCUT2D eigenvalue weighted by Gasteiger charge is 2.35. The number of methoxy groups -OCH3 is 1. The Bertz CT molecular complexity index is 1320. The van der Waals surface area contributed by atoms with Gasteiger partial charge in [-0.1, -0.05) is 38.0 Å². The third-order valence-electron chi connectivity index (χ3n) is 7.07. The molecule has 1 aromatic heterocycles. The summed E-state index contributed by atoms with van der Waals surface area (Å²) in [5.41, 5.74) is 2.22. The lowest BCUT2D eigenvalue weighted by Gasteiger charge is -2.37. The van der Waals surface area contributed by atoms with E-state index in [0.29, 0.717) is 18.9 Å². The topological polar surface area (TPSA) is 76.2 Å². The molecule has 1 aliphatic rings. The molecule has 2 heterocycles. The number of hydrogen-bond acceptors (Lipinski definition) is 6. The van der Waals surface area contributed by atoms with Crippen molar-refractivity contribution in [1.29, 1.82) is 0 Å². The van der Waals surface area contributed by atoms with Gasteiger partial charge in [-0.05, 0) is 72.7 Å². The number of ether oxygens (including phenoxy) is 2. The Hall–Kier alpha value is -2.88. The highest BCUT2D eigenvalue weighted by molar-refractivity contribution is 7.89. The van der Waals surface area contributed by atoms with Crippen LogP contribution in [0.1, 0.15) is 42.3 Å². The summed E-state index contributed by atoms with van der Waals surface area (Å²) in [5.74, 6) is 1.19. The Morgan fingerprint density at radius 1 is 1.11 bits per heavy atom. The van der Waals surface area contributed by atoms with E-state index in [2.05, 4.69) is 0 Å². The SMILES string of the molecule is CC[C@H](C)CN(CC(=O)N1CCc2sccc2[C@H]1COc1ccc(C)cc1)S(=O)(=O)c1ccc(OC)cc1. The molecule has 0 unspecified atom stereocenters. The van der Waals surface area contributed by atoms with E-state index >= 15 is 0 Å². The van der Waals surface area contributed by atoms with E-state index in [9.17, 15) is 13.2 Å². The molecule has 38 heavy (non-hydrogen) atoms. The fourth-order valence-corrected chi connectivity index (χ4v) is 6.98. The maximum Gasteiger partial charge on any atom is 0.243 e. The second-order valence-corrected chi connectivity index (χ2v) is 12.7. The van der Waals surface area contributed by atoms with Crippen molar-refractivity contribution < 1.29 is 22.7 Å². The second-order valence-electron chi connectivity index (χ2n) is 9.76. The molecule has 1 amide bonds. The molecule has 0 bridgehead atoms. The molecule has 0 N–H and O–H groups in total. The molecule has 0 fully saturated rings. The van der Waals surface area contributed by atoms with Crippen LogP contribution in [0.25, 0.3) is 0 Å². The van der Waals surface area contributed by atoms with Crippen molar-refractivity contribution in [2.24, 2.45) is 5.92 Å². The predicted octanol–water partition coefficient (Wildman–Crippen LogP) is 5.31. The number of benzene rings is 2. The number of fused-ring (bicyclic) bond motifs is 1. The van der Waals surface area contributed by atoms with Crippen molar-refractivity contribution >= 4 is 27.3 Å². The standard InChI is InChI=1S/C29H36N2O5S2/c1-5-21(2)18-30(38(33,34)25-12-10-23(35-4)11-13-25)19-29(32)31-16-14-28-26(15-17-37-28)27(31)20-36-24-8-6-22(3)7-9-24/h6-13,15,17,21,27H,5,14,16,18-20H2,1-4H3/t21-,27+/m0/s1. The molecule has 2 aromatic carbocycles. The maximum absolute atomic E-state index is 13.8. The van der Waals surface area contributed by atoms with Gasteiger partial charge in [0, 0.05) is 18.0 Å². The molecule has 0 saturated heterocycles. The molecule has 7 nitrogen and oxygen atoms in total. The smallest absolute Gasteiger partial charge is 0.243 e. The molecule has 1 aliphatic heterocycles. The Morgan fingerprint density at radius 3 is 2.45 bits per heavy atom. The highest BCUT2D eigenvalue weighted by atomic mass is 32.2. The third-order valence-corrected chi connectivity index (χ3v) is 9.89. The van der Waals surface area contributed by atoms with Gasteiger partial charge >= 0.3 is 0 Å². The lowest BCUT2D eigenvalue weighted by atomic mass is 10.0. The monoisotopic (exact) mass is 556 g/mol. The van der Waals surface area contributed by atoms with Crippen molar-refractivity contribution in [3.05, 3.63) is 76.0 Å². The maximum atomic E-state index is 13.8. The number of aryl methyl sites for hydroxylation is 1. The summed E-state index contributed by atoms with van der Waals surface area (Å²) in [7, 11) is -2.35. The average molecular weight is 557 g/mol. The van der Waals surface area contributed by atoms with Crippen LogP contribution < -0.4 is 9.47 Å². The predicted molar refractivity (Wildman–Crippen MR) is 150 cm³/mol. The van der Waals surface area contributed by atoms with E-state index < -0.39 is 10.0 Å². The first-order valence-corrected chi connectivity index (χ1v) is 15.2. The number of carbonyl (C=O) groups excluding carboxylic acids is 1.